The summed E-state index contributed by atoms with van der Waals surface area (Å²) in [5.41, 5.74) is 1.93. The molecular weight excluding hydrogens is 490 g/mol. The third-order valence-corrected chi connectivity index (χ3v) is 9.14. The Balaban J connectivity index is 1.51. The standard InChI is InChI=1S/C32H31N3O4/c1-18(2)39-21-15-13-20(14-16-21)27(36)28-31(22-9-4-5-11-24(22)33-29(31)37)25-12-7-17-35(25)32(28)23-10-6-8-19(3)26(23)34-30(32)38/h4-6,8-11,13-16,18,25,28H,7,12,17H2,1-3H3,(H,33,37)(H,34,38). The van der Waals surface area contributed by atoms with Crippen LogP contribution in [-0.2, 0) is 20.5 Å². The first-order valence-electron chi connectivity index (χ1n) is 13.7. The van der Waals surface area contributed by atoms with E-state index < -0.39 is 16.9 Å². The number of ether oxygens (including phenoxy) is 1. The molecule has 0 saturated carbocycles. The number of nitrogens with zero attached hydrogens (tertiary/aromatic N) is 1. The Morgan fingerprint density at radius 1 is 0.949 bits per heavy atom. The summed E-state index contributed by atoms with van der Waals surface area (Å²) < 4.78 is 5.81. The van der Waals surface area contributed by atoms with E-state index in [1.807, 2.05) is 63.2 Å². The van der Waals surface area contributed by atoms with E-state index in [4.69, 9.17) is 4.74 Å². The molecule has 4 heterocycles. The van der Waals surface area contributed by atoms with Gasteiger partial charge < -0.3 is 15.4 Å². The SMILES string of the molecule is Cc1cccc2c1NC(=O)C21C(C(=O)c2ccc(OC(C)C)cc2)C2(C(=O)Nc3ccccc32)C2CCCN21. The minimum Gasteiger partial charge on any atom is -0.491 e. The predicted molar refractivity (Wildman–Crippen MR) is 148 cm³/mol. The zero-order valence-corrected chi connectivity index (χ0v) is 22.3. The highest BCUT2D eigenvalue weighted by molar-refractivity contribution is 6.19. The summed E-state index contributed by atoms with van der Waals surface area (Å²) in [4.78, 5) is 45.8. The molecule has 3 aromatic carbocycles. The molecule has 2 spiro atoms. The van der Waals surface area contributed by atoms with Gasteiger partial charge in [-0.3, -0.25) is 19.3 Å². The van der Waals surface area contributed by atoms with Crippen LogP contribution in [0, 0.1) is 12.8 Å². The third-order valence-electron chi connectivity index (χ3n) is 9.14. The van der Waals surface area contributed by atoms with Gasteiger partial charge in [-0.1, -0.05) is 36.4 Å². The van der Waals surface area contributed by atoms with Gasteiger partial charge in [-0.2, -0.15) is 0 Å². The Morgan fingerprint density at radius 3 is 2.46 bits per heavy atom. The van der Waals surface area contributed by atoms with Gasteiger partial charge in [-0.15, -0.1) is 0 Å². The van der Waals surface area contributed by atoms with Gasteiger partial charge in [-0.05, 0) is 81.6 Å². The van der Waals surface area contributed by atoms with E-state index in [-0.39, 0.29) is 29.7 Å². The van der Waals surface area contributed by atoms with E-state index >= 15 is 0 Å². The molecule has 198 valence electrons. The van der Waals surface area contributed by atoms with Crippen LogP contribution in [0.1, 0.15) is 53.7 Å². The maximum absolute atomic E-state index is 14.9. The van der Waals surface area contributed by atoms with Crippen LogP contribution in [0.15, 0.2) is 66.7 Å². The minimum absolute atomic E-state index is 0.000657. The normalized spacial score (nSPS) is 28.5. The summed E-state index contributed by atoms with van der Waals surface area (Å²) in [5, 5.41) is 6.24. The second-order valence-corrected chi connectivity index (χ2v) is 11.4. The number of carbonyl (C=O) groups excluding carboxylic acids is 3. The van der Waals surface area contributed by atoms with Crippen LogP contribution < -0.4 is 15.4 Å². The molecule has 39 heavy (non-hydrogen) atoms. The van der Waals surface area contributed by atoms with Crippen molar-refractivity contribution in [2.45, 2.75) is 56.7 Å². The van der Waals surface area contributed by atoms with Crippen LogP contribution in [0.4, 0.5) is 11.4 Å². The summed E-state index contributed by atoms with van der Waals surface area (Å²) in [6, 6.07) is 20.3. The van der Waals surface area contributed by atoms with Crippen molar-refractivity contribution < 1.29 is 19.1 Å². The quantitative estimate of drug-likeness (QED) is 0.482. The molecule has 3 aromatic rings. The molecule has 4 aliphatic rings. The number of amides is 2. The molecule has 7 nitrogen and oxygen atoms in total. The van der Waals surface area contributed by atoms with Crippen molar-refractivity contribution >= 4 is 29.0 Å². The highest BCUT2D eigenvalue weighted by Crippen LogP contribution is 2.66. The number of aryl methyl sites for hydroxylation is 1. The molecule has 2 saturated heterocycles. The highest BCUT2D eigenvalue weighted by atomic mass is 16.5. The maximum Gasteiger partial charge on any atom is 0.250 e. The van der Waals surface area contributed by atoms with E-state index in [2.05, 4.69) is 15.5 Å². The zero-order chi connectivity index (χ0) is 27.1. The lowest BCUT2D eigenvalue weighted by atomic mass is 9.60. The molecular formula is C32H31N3O4. The number of carbonyl (C=O) groups is 3. The number of nitrogens with one attached hydrogen (secondary N) is 2. The molecule has 0 radical (unpaired) electrons. The van der Waals surface area contributed by atoms with Gasteiger partial charge in [0.05, 0.1) is 12.0 Å². The lowest BCUT2D eigenvalue weighted by molar-refractivity contribution is -0.128. The molecule has 4 aliphatic heterocycles. The summed E-state index contributed by atoms with van der Waals surface area (Å²) >= 11 is 0. The summed E-state index contributed by atoms with van der Waals surface area (Å²) in [6.07, 6.45) is 1.57. The number of benzene rings is 3. The molecule has 2 amide bonds. The number of hydrogen-bond donors (Lipinski definition) is 2. The Kier molecular flexibility index (Phi) is 5.11. The smallest absolute Gasteiger partial charge is 0.250 e. The number of fused-ring (bicyclic) bond motifs is 7. The number of anilines is 2. The molecule has 7 rings (SSSR count). The fraction of sp³-hybridized carbons (Fsp3) is 0.344. The van der Waals surface area contributed by atoms with Gasteiger partial charge in [0.2, 0.25) is 11.8 Å². The van der Waals surface area contributed by atoms with Gasteiger partial charge in [0, 0.05) is 28.5 Å². The van der Waals surface area contributed by atoms with Crippen molar-refractivity contribution in [3.8, 4) is 5.75 Å². The zero-order valence-electron chi connectivity index (χ0n) is 22.3. The van der Waals surface area contributed by atoms with Crippen molar-refractivity contribution in [1.82, 2.24) is 4.90 Å². The largest absolute Gasteiger partial charge is 0.491 e. The molecule has 0 bridgehead atoms. The first-order valence-corrected chi connectivity index (χ1v) is 13.7. The fourth-order valence-corrected chi connectivity index (χ4v) is 7.86. The number of hydrogen-bond acceptors (Lipinski definition) is 5. The molecule has 7 heteroatoms. The third kappa shape index (κ3) is 2.94. The van der Waals surface area contributed by atoms with E-state index in [9.17, 15) is 14.4 Å². The highest BCUT2D eigenvalue weighted by Gasteiger charge is 2.78. The molecule has 2 N–H and O–H groups in total. The van der Waals surface area contributed by atoms with Crippen molar-refractivity contribution in [1.29, 1.82) is 0 Å². The predicted octanol–water partition coefficient (Wildman–Crippen LogP) is 4.80. The Morgan fingerprint density at radius 2 is 1.69 bits per heavy atom. The summed E-state index contributed by atoms with van der Waals surface area (Å²) in [5.74, 6) is -0.937. The van der Waals surface area contributed by atoms with Gasteiger partial charge >= 0.3 is 0 Å². The van der Waals surface area contributed by atoms with Crippen LogP contribution in [0.25, 0.3) is 0 Å². The Hall–Kier alpha value is -3.97. The average molecular weight is 522 g/mol. The average Bonchev–Trinajstić information content (AvgIpc) is 3.64. The molecule has 4 unspecified atom stereocenters. The summed E-state index contributed by atoms with van der Waals surface area (Å²) in [7, 11) is 0. The molecule has 0 aromatic heterocycles. The van der Waals surface area contributed by atoms with E-state index in [0.29, 0.717) is 23.5 Å². The Labute approximate surface area is 227 Å². The van der Waals surface area contributed by atoms with Gasteiger partial charge in [0.1, 0.15) is 16.7 Å². The van der Waals surface area contributed by atoms with Crippen LogP contribution in [-0.4, -0.2) is 41.2 Å². The molecule has 2 fully saturated rings. The van der Waals surface area contributed by atoms with Crippen molar-refractivity contribution in [3.63, 3.8) is 0 Å². The van der Waals surface area contributed by atoms with Crippen molar-refractivity contribution in [2.24, 2.45) is 5.92 Å². The van der Waals surface area contributed by atoms with Gasteiger partial charge in [-0.25, -0.2) is 0 Å². The number of para-hydroxylation sites is 2. The number of ketones is 1. The lowest BCUT2D eigenvalue weighted by Crippen LogP contribution is -2.55. The van der Waals surface area contributed by atoms with Gasteiger partial charge in [0.25, 0.3) is 0 Å². The van der Waals surface area contributed by atoms with Crippen LogP contribution >= 0.6 is 0 Å². The van der Waals surface area contributed by atoms with E-state index in [1.54, 1.807) is 24.3 Å². The van der Waals surface area contributed by atoms with Crippen LogP contribution in [0.5, 0.6) is 5.75 Å². The molecule has 0 aliphatic carbocycles. The maximum atomic E-state index is 14.9. The van der Waals surface area contributed by atoms with Gasteiger partial charge in [0.15, 0.2) is 5.78 Å². The van der Waals surface area contributed by atoms with Crippen LogP contribution in [0.2, 0.25) is 0 Å². The van der Waals surface area contributed by atoms with Crippen molar-refractivity contribution in [3.05, 3.63) is 89.0 Å². The second kappa shape index (κ2) is 8.26. The lowest BCUT2D eigenvalue weighted by Gasteiger charge is -2.38. The van der Waals surface area contributed by atoms with E-state index in [1.165, 1.54) is 0 Å². The number of rotatable bonds is 4. The summed E-state index contributed by atoms with van der Waals surface area (Å²) in [6.45, 7) is 6.50. The monoisotopic (exact) mass is 521 g/mol. The molecule has 4 atom stereocenters. The van der Waals surface area contributed by atoms with E-state index in [0.717, 1.165) is 35.2 Å². The Bertz CT molecular complexity index is 1550. The van der Waals surface area contributed by atoms with Crippen molar-refractivity contribution in [2.75, 3.05) is 17.2 Å². The topological polar surface area (TPSA) is 87.7 Å². The first-order chi connectivity index (χ1) is 18.8. The minimum atomic E-state index is -1.30. The number of Topliss-reactive ketones (excluding diaryl/α,β-unsaturated/α-hetero) is 1. The van der Waals surface area contributed by atoms with Crippen LogP contribution in [0.3, 0.4) is 0 Å². The second-order valence-electron chi connectivity index (χ2n) is 11.4. The first kappa shape index (κ1) is 24.1. The fourth-order valence-electron chi connectivity index (χ4n) is 7.86.